The zero-order valence-corrected chi connectivity index (χ0v) is 12.3. The maximum atomic E-state index is 12.0. The average Bonchev–Trinajstić information content (AvgIpc) is 2.75. The molecule has 0 saturated heterocycles. The molecule has 0 spiro atoms. The lowest BCUT2D eigenvalue weighted by Crippen LogP contribution is -2.18. The molecule has 0 fully saturated rings. The van der Waals surface area contributed by atoms with Crippen LogP contribution in [0.4, 0.5) is 0 Å². The minimum atomic E-state index is 0.0772. The number of rotatable bonds is 7. The second-order valence-corrected chi connectivity index (χ2v) is 5.40. The molecule has 108 valence electrons. The molecule has 1 aromatic heterocycles. The van der Waals surface area contributed by atoms with Crippen LogP contribution in [0.1, 0.15) is 38.9 Å². The third kappa shape index (κ3) is 3.45. The van der Waals surface area contributed by atoms with Gasteiger partial charge in [0.25, 0.3) is 0 Å². The van der Waals surface area contributed by atoms with Gasteiger partial charge in [-0.15, -0.1) is 0 Å². The van der Waals surface area contributed by atoms with Crippen molar-refractivity contribution in [3.8, 4) is 0 Å². The summed E-state index contributed by atoms with van der Waals surface area (Å²) in [6.07, 6.45) is 2.71. The Kier molecular flexibility index (Phi) is 4.90. The fraction of sp³-hybridized carbons (Fsp3) is 0.500. The first-order chi connectivity index (χ1) is 9.61. The van der Waals surface area contributed by atoms with Crippen molar-refractivity contribution in [2.24, 2.45) is 5.73 Å². The summed E-state index contributed by atoms with van der Waals surface area (Å²) in [5, 5.41) is 0. The molecule has 1 atom stereocenters. The Labute approximate surface area is 120 Å². The van der Waals surface area contributed by atoms with Gasteiger partial charge in [0.05, 0.1) is 17.5 Å². The van der Waals surface area contributed by atoms with E-state index >= 15 is 0 Å². The molecule has 2 N–H and O–H groups in total. The quantitative estimate of drug-likeness (QED) is 0.843. The van der Waals surface area contributed by atoms with E-state index in [0.717, 1.165) is 36.2 Å². The van der Waals surface area contributed by atoms with Gasteiger partial charge in [0.1, 0.15) is 11.6 Å². The monoisotopic (exact) mass is 273 g/mol. The predicted octanol–water partition coefficient (Wildman–Crippen LogP) is 2.69. The standard InChI is InChI=1S/C16H23N3O/c1-3-10-19-15-7-5-4-6-14(15)18-16(19)11-13(20)9-8-12(2)17/h4-7,12H,3,8-11,17H2,1-2H3. The highest BCUT2D eigenvalue weighted by Gasteiger charge is 2.13. The minimum Gasteiger partial charge on any atom is -0.328 e. The van der Waals surface area contributed by atoms with Gasteiger partial charge in [0, 0.05) is 19.0 Å². The summed E-state index contributed by atoms with van der Waals surface area (Å²) in [5.41, 5.74) is 7.78. The molecule has 0 amide bonds. The van der Waals surface area contributed by atoms with E-state index in [0.29, 0.717) is 12.8 Å². The summed E-state index contributed by atoms with van der Waals surface area (Å²) in [6.45, 7) is 4.96. The molecule has 0 aliphatic rings. The van der Waals surface area contributed by atoms with Crippen LogP contribution in [-0.2, 0) is 17.8 Å². The van der Waals surface area contributed by atoms with E-state index < -0.39 is 0 Å². The number of aromatic nitrogens is 2. The van der Waals surface area contributed by atoms with Crippen LogP contribution in [-0.4, -0.2) is 21.4 Å². The first-order valence-electron chi connectivity index (χ1n) is 7.33. The highest BCUT2D eigenvalue weighted by Crippen LogP contribution is 2.17. The summed E-state index contributed by atoms with van der Waals surface area (Å²) < 4.78 is 2.17. The molecule has 1 unspecified atom stereocenters. The Morgan fingerprint density at radius 1 is 1.40 bits per heavy atom. The molecule has 0 saturated carbocycles. The number of aryl methyl sites for hydroxylation is 1. The van der Waals surface area contributed by atoms with Crippen molar-refractivity contribution in [3.05, 3.63) is 30.1 Å². The first kappa shape index (κ1) is 14.7. The van der Waals surface area contributed by atoms with Crippen molar-refractivity contribution in [2.75, 3.05) is 0 Å². The number of carbonyl (C=O) groups is 1. The van der Waals surface area contributed by atoms with E-state index in [9.17, 15) is 4.79 Å². The Balaban J connectivity index is 2.20. The van der Waals surface area contributed by atoms with E-state index in [4.69, 9.17) is 5.73 Å². The molecule has 1 heterocycles. The summed E-state index contributed by atoms with van der Waals surface area (Å²) in [6, 6.07) is 8.13. The van der Waals surface area contributed by atoms with Crippen LogP contribution in [0.2, 0.25) is 0 Å². The van der Waals surface area contributed by atoms with E-state index in [1.54, 1.807) is 0 Å². The number of hydrogen-bond acceptors (Lipinski definition) is 3. The number of carbonyl (C=O) groups excluding carboxylic acids is 1. The maximum Gasteiger partial charge on any atom is 0.140 e. The van der Waals surface area contributed by atoms with Gasteiger partial charge in [-0.3, -0.25) is 4.79 Å². The fourth-order valence-corrected chi connectivity index (χ4v) is 2.39. The Morgan fingerprint density at radius 2 is 2.15 bits per heavy atom. The van der Waals surface area contributed by atoms with Gasteiger partial charge < -0.3 is 10.3 Å². The molecule has 0 aliphatic carbocycles. The van der Waals surface area contributed by atoms with Crippen molar-refractivity contribution in [1.29, 1.82) is 0 Å². The lowest BCUT2D eigenvalue weighted by Gasteiger charge is -2.08. The van der Waals surface area contributed by atoms with E-state index in [1.165, 1.54) is 0 Å². The number of nitrogens with zero attached hydrogens (tertiary/aromatic N) is 2. The number of fused-ring (bicyclic) bond motifs is 1. The van der Waals surface area contributed by atoms with Gasteiger partial charge in [0.2, 0.25) is 0 Å². The number of Topliss-reactive ketones (excluding diaryl/α,β-unsaturated/α-hetero) is 1. The van der Waals surface area contributed by atoms with Crippen molar-refractivity contribution in [2.45, 2.75) is 52.1 Å². The van der Waals surface area contributed by atoms with Gasteiger partial charge in [-0.05, 0) is 31.9 Å². The maximum absolute atomic E-state index is 12.0. The lowest BCUT2D eigenvalue weighted by molar-refractivity contribution is -0.118. The molecule has 4 heteroatoms. The molecule has 2 aromatic rings. The molecule has 1 aromatic carbocycles. The number of benzene rings is 1. The summed E-state index contributed by atoms with van der Waals surface area (Å²) in [7, 11) is 0. The number of nitrogens with two attached hydrogens (primary N) is 1. The smallest absolute Gasteiger partial charge is 0.140 e. The largest absolute Gasteiger partial charge is 0.328 e. The predicted molar refractivity (Wildman–Crippen MR) is 81.6 cm³/mol. The number of hydrogen-bond donors (Lipinski definition) is 1. The van der Waals surface area contributed by atoms with Crippen LogP contribution in [0.25, 0.3) is 11.0 Å². The Hall–Kier alpha value is -1.68. The second-order valence-electron chi connectivity index (χ2n) is 5.40. The summed E-state index contributed by atoms with van der Waals surface area (Å²) in [5.74, 6) is 1.10. The van der Waals surface area contributed by atoms with Crippen molar-refractivity contribution >= 4 is 16.8 Å². The van der Waals surface area contributed by atoms with Crippen molar-refractivity contribution in [3.63, 3.8) is 0 Å². The van der Waals surface area contributed by atoms with Crippen LogP contribution in [0, 0.1) is 0 Å². The first-order valence-corrected chi connectivity index (χ1v) is 7.33. The SMILES string of the molecule is CCCn1c(CC(=O)CCC(C)N)nc2ccccc21. The molecular weight excluding hydrogens is 250 g/mol. The van der Waals surface area contributed by atoms with Crippen molar-refractivity contribution in [1.82, 2.24) is 9.55 Å². The zero-order chi connectivity index (χ0) is 14.5. The van der Waals surface area contributed by atoms with E-state index in [1.807, 2.05) is 25.1 Å². The van der Waals surface area contributed by atoms with Crippen LogP contribution in [0.15, 0.2) is 24.3 Å². The third-order valence-electron chi connectivity index (χ3n) is 3.41. The molecule has 0 radical (unpaired) electrons. The fourth-order valence-electron chi connectivity index (χ4n) is 2.39. The second kappa shape index (κ2) is 6.66. The van der Waals surface area contributed by atoms with Gasteiger partial charge in [-0.2, -0.15) is 0 Å². The van der Waals surface area contributed by atoms with Gasteiger partial charge in [-0.1, -0.05) is 19.1 Å². The molecule has 4 nitrogen and oxygen atoms in total. The van der Waals surface area contributed by atoms with Crippen LogP contribution in [0.5, 0.6) is 0 Å². The van der Waals surface area contributed by atoms with E-state index in [-0.39, 0.29) is 11.8 Å². The number of para-hydroxylation sites is 2. The van der Waals surface area contributed by atoms with Gasteiger partial charge in [-0.25, -0.2) is 4.98 Å². The minimum absolute atomic E-state index is 0.0772. The number of imidazole rings is 1. The van der Waals surface area contributed by atoms with E-state index in [2.05, 4.69) is 22.5 Å². The zero-order valence-electron chi connectivity index (χ0n) is 12.3. The normalized spacial score (nSPS) is 12.8. The third-order valence-corrected chi connectivity index (χ3v) is 3.41. The number of ketones is 1. The van der Waals surface area contributed by atoms with Crippen LogP contribution in [0.3, 0.4) is 0 Å². The lowest BCUT2D eigenvalue weighted by atomic mass is 10.1. The topological polar surface area (TPSA) is 60.9 Å². The van der Waals surface area contributed by atoms with Crippen molar-refractivity contribution < 1.29 is 4.79 Å². The molecule has 0 bridgehead atoms. The van der Waals surface area contributed by atoms with Crippen LogP contribution < -0.4 is 5.73 Å². The molecule has 2 rings (SSSR count). The summed E-state index contributed by atoms with van der Waals surface area (Å²) >= 11 is 0. The summed E-state index contributed by atoms with van der Waals surface area (Å²) in [4.78, 5) is 16.7. The molecule has 0 aliphatic heterocycles. The van der Waals surface area contributed by atoms with Crippen LogP contribution >= 0.6 is 0 Å². The Bertz CT molecular complexity index is 586. The molecule has 20 heavy (non-hydrogen) atoms. The molecular formula is C16H23N3O. The highest BCUT2D eigenvalue weighted by atomic mass is 16.1. The Morgan fingerprint density at radius 3 is 2.85 bits per heavy atom. The highest BCUT2D eigenvalue weighted by molar-refractivity contribution is 5.82. The average molecular weight is 273 g/mol. The van der Waals surface area contributed by atoms with Gasteiger partial charge >= 0.3 is 0 Å². The van der Waals surface area contributed by atoms with Gasteiger partial charge in [0.15, 0.2) is 0 Å².